The molecule has 0 saturated carbocycles. The largest absolute Gasteiger partial charge is 0.256 e. The molecule has 0 atom stereocenters. The van der Waals surface area contributed by atoms with Crippen molar-refractivity contribution in [2.45, 2.75) is 0 Å². The molecule has 3 rings (SSSR count). The van der Waals surface area contributed by atoms with E-state index in [9.17, 15) is 0 Å². The lowest BCUT2D eigenvalue weighted by Gasteiger charge is -2.08. The van der Waals surface area contributed by atoms with Crippen LogP contribution in [0, 0.1) is 0 Å². The van der Waals surface area contributed by atoms with Gasteiger partial charge in [0, 0.05) is 21.8 Å². The second-order valence-corrected chi connectivity index (χ2v) is 5.19. The molecule has 0 fully saturated rings. The van der Waals surface area contributed by atoms with Crippen molar-refractivity contribution >= 4 is 15.9 Å². The number of rotatable bonds is 2. The van der Waals surface area contributed by atoms with Crippen LogP contribution in [0.4, 0.5) is 0 Å². The summed E-state index contributed by atoms with van der Waals surface area (Å²) in [6.45, 7) is 0. The van der Waals surface area contributed by atoms with Gasteiger partial charge in [0.15, 0.2) is 0 Å². The van der Waals surface area contributed by atoms with E-state index < -0.39 is 0 Å². The van der Waals surface area contributed by atoms with Gasteiger partial charge in [-0.05, 0) is 23.8 Å². The van der Waals surface area contributed by atoms with Crippen molar-refractivity contribution in [2.75, 3.05) is 0 Å². The summed E-state index contributed by atoms with van der Waals surface area (Å²) in [5, 5.41) is 0. The van der Waals surface area contributed by atoms with Crippen molar-refractivity contribution < 1.29 is 0 Å². The molecule has 1 nitrogen and oxygen atoms in total. The monoisotopic (exact) mass is 309 g/mol. The Balaban J connectivity index is 2.15. The Morgan fingerprint density at radius 1 is 0.684 bits per heavy atom. The molecular formula is C17H12BrN. The normalized spacial score (nSPS) is 10.4. The van der Waals surface area contributed by atoms with E-state index in [-0.39, 0.29) is 0 Å². The van der Waals surface area contributed by atoms with Crippen LogP contribution in [0.2, 0.25) is 0 Å². The van der Waals surface area contributed by atoms with Gasteiger partial charge in [-0.2, -0.15) is 0 Å². The van der Waals surface area contributed by atoms with Crippen LogP contribution in [0.3, 0.4) is 0 Å². The Hall–Kier alpha value is -1.93. The first-order valence-corrected chi connectivity index (χ1v) is 6.90. The first-order chi connectivity index (χ1) is 9.34. The van der Waals surface area contributed by atoms with Gasteiger partial charge >= 0.3 is 0 Å². The van der Waals surface area contributed by atoms with E-state index >= 15 is 0 Å². The first-order valence-electron chi connectivity index (χ1n) is 6.11. The average molecular weight is 310 g/mol. The molecule has 0 bridgehead atoms. The number of halogens is 1. The highest BCUT2D eigenvalue weighted by Gasteiger charge is 2.07. The quantitative estimate of drug-likeness (QED) is 0.635. The van der Waals surface area contributed by atoms with E-state index in [2.05, 4.69) is 63.4 Å². The van der Waals surface area contributed by atoms with Crippen LogP contribution in [-0.2, 0) is 0 Å². The van der Waals surface area contributed by atoms with Crippen molar-refractivity contribution in [2.24, 2.45) is 0 Å². The van der Waals surface area contributed by atoms with Crippen LogP contribution in [0.1, 0.15) is 0 Å². The molecule has 0 unspecified atom stereocenters. The highest BCUT2D eigenvalue weighted by Crippen LogP contribution is 2.30. The van der Waals surface area contributed by atoms with Crippen LogP contribution in [-0.4, -0.2) is 4.98 Å². The number of hydrogen-bond acceptors (Lipinski definition) is 1. The summed E-state index contributed by atoms with van der Waals surface area (Å²) in [5.74, 6) is 0. The van der Waals surface area contributed by atoms with E-state index in [1.54, 1.807) is 0 Å². The molecule has 3 aromatic rings. The van der Waals surface area contributed by atoms with Gasteiger partial charge in [0.1, 0.15) is 0 Å². The van der Waals surface area contributed by atoms with Crippen LogP contribution < -0.4 is 0 Å². The van der Waals surface area contributed by atoms with Gasteiger partial charge in [-0.3, -0.25) is 4.98 Å². The highest BCUT2D eigenvalue weighted by atomic mass is 79.9. The van der Waals surface area contributed by atoms with Crippen LogP contribution in [0.5, 0.6) is 0 Å². The second kappa shape index (κ2) is 5.37. The summed E-state index contributed by atoms with van der Waals surface area (Å²) >= 11 is 3.47. The van der Waals surface area contributed by atoms with E-state index in [0.717, 1.165) is 21.3 Å². The standard InChI is InChI=1S/C17H12BrN/c18-15-10-8-13(9-11-15)16-7-4-12-19-17(16)14-5-2-1-3-6-14/h1-12H. The molecule has 0 spiro atoms. The van der Waals surface area contributed by atoms with E-state index in [1.807, 2.05) is 30.5 Å². The van der Waals surface area contributed by atoms with Gasteiger partial charge in [-0.15, -0.1) is 0 Å². The minimum absolute atomic E-state index is 1.02. The fourth-order valence-corrected chi connectivity index (χ4v) is 2.36. The fraction of sp³-hybridized carbons (Fsp3) is 0. The molecule has 0 aliphatic carbocycles. The molecule has 0 amide bonds. The second-order valence-electron chi connectivity index (χ2n) is 4.27. The summed E-state index contributed by atoms with van der Waals surface area (Å²) in [6, 6.07) is 22.7. The minimum Gasteiger partial charge on any atom is -0.256 e. The lowest BCUT2D eigenvalue weighted by Crippen LogP contribution is -1.88. The van der Waals surface area contributed by atoms with Crippen LogP contribution in [0.15, 0.2) is 77.4 Å². The van der Waals surface area contributed by atoms with Crippen LogP contribution >= 0.6 is 15.9 Å². The van der Waals surface area contributed by atoms with Gasteiger partial charge in [-0.25, -0.2) is 0 Å². The summed E-state index contributed by atoms with van der Waals surface area (Å²) < 4.78 is 1.08. The Kier molecular flexibility index (Phi) is 3.43. The first kappa shape index (κ1) is 12.1. The topological polar surface area (TPSA) is 12.9 Å². The number of hydrogen-bond donors (Lipinski definition) is 0. The Morgan fingerprint density at radius 3 is 2.16 bits per heavy atom. The summed E-state index contributed by atoms with van der Waals surface area (Å²) in [4.78, 5) is 4.54. The third-order valence-electron chi connectivity index (χ3n) is 3.01. The van der Waals surface area contributed by atoms with E-state index in [0.29, 0.717) is 0 Å². The van der Waals surface area contributed by atoms with Crippen molar-refractivity contribution in [1.29, 1.82) is 0 Å². The molecule has 0 N–H and O–H groups in total. The van der Waals surface area contributed by atoms with Crippen molar-refractivity contribution in [1.82, 2.24) is 4.98 Å². The Morgan fingerprint density at radius 2 is 1.42 bits per heavy atom. The molecular weight excluding hydrogens is 298 g/mol. The molecule has 0 aliphatic rings. The SMILES string of the molecule is Brc1ccc(-c2cccnc2-c2ccccc2)cc1. The molecule has 0 aliphatic heterocycles. The Labute approximate surface area is 121 Å². The molecule has 1 heterocycles. The zero-order valence-electron chi connectivity index (χ0n) is 10.3. The van der Waals surface area contributed by atoms with E-state index in [1.165, 1.54) is 5.56 Å². The highest BCUT2D eigenvalue weighted by molar-refractivity contribution is 9.10. The van der Waals surface area contributed by atoms with Crippen molar-refractivity contribution in [3.8, 4) is 22.4 Å². The van der Waals surface area contributed by atoms with Gasteiger partial charge in [0.25, 0.3) is 0 Å². The predicted molar refractivity (Wildman–Crippen MR) is 82.8 cm³/mol. The van der Waals surface area contributed by atoms with Gasteiger partial charge in [0.05, 0.1) is 5.69 Å². The summed E-state index contributed by atoms with van der Waals surface area (Å²) in [7, 11) is 0. The lowest BCUT2D eigenvalue weighted by atomic mass is 10.00. The zero-order valence-corrected chi connectivity index (χ0v) is 11.8. The predicted octanol–water partition coefficient (Wildman–Crippen LogP) is 5.18. The Bertz CT molecular complexity index is 675. The number of pyridine rings is 1. The molecule has 0 radical (unpaired) electrons. The van der Waals surface area contributed by atoms with E-state index in [4.69, 9.17) is 0 Å². The average Bonchev–Trinajstić information content (AvgIpc) is 2.49. The number of aromatic nitrogens is 1. The van der Waals surface area contributed by atoms with Gasteiger partial charge in [0.2, 0.25) is 0 Å². The summed E-state index contributed by atoms with van der Waals surface area (Å²) in [5.41, 5.74) is 4.49. The maximum absolute atomic E-state index is 4.54. The minimum atomic E-state index is 1.02. The molecule has 19 heavy (non-hydrogen) atoms. The lowest BCUT2D eigenvalue weighted by molar-refractivity contribution is 1.32. The van der Waals surface area contributed by atoms with Gasteiger partial charge in [-0.1, -0.05) is 64.5 Å². The zero-order chi connectivity index (χ0) is 13.1. The number of benzene rings is 2. The van der Waals surface area contributed by atoms with Crippen molar-refractivity contribution in [3.05, 3.63) is 77.4 Å². The van der Waals surface area contributed by atoms with Crippen molar-refractivity contribution in [3.63, 3.8) is 0 Å². The van der Waals surface area contributed by atoms with Crippen LogP contribution in [0.25, 0.3) is 22.4 Å². The third-order valence-corrected chi connectivity index (χ3v) is 3.54. The maximum Gasteiger partial charge on any atom is 0.0780 e. The summed E-state index contributed by atoms with van der Waals surface area (Å²) in [6.07, 6.45) is 1.84. The number of nitrogens with zero attached hydrogens (tertiary/aromatic N) is 1. The fourth-order valence-electron chi connectivity index (χ4n) is 2.09. The molecule has 1 aromatic heterocycles. The maximum atomic E-state index is 4.54. The molecule has 2 aromatic carbocycles. The molecule has 0 saturated heterocycles. The molecule has 92 valence electrons. The third kappa shape index (κ3) is 2.59. The van der Waals surface area contributed by atoms with Gasteiger partial charge < -0.3 is 0 Å². The smallest absolute Gasteiger partial charge is 0.0780 e. The molecule has 2 heteroatoms.